The summed E-state index contributed by atoms with van der Waals surface area (Å²) < 4.78 is 7.29. The zero-order chi connectivity index (χ0) is 13.2. The van der Waals surface area contributed by atoms with Crippen LogP contribution in [-0.2, 0) is 4.74 Å². The summed E-state index contributed by atoms with van der Waals surface area (Å²) in [4.78, 5) is 4.43. The predicted molar refractivity (Wildman–Crippen MR) is 74.5 cm³/mol. The van der Waals surface area contributed by atoms with Crippen molar-refractivity contribution >= 4 is 11.3 Å². The Kier molecular flexibility index (Phi) is 3.38. The van der Waals surface area contributed by atoms with Crippen molar-refractivity contribution in [3.63, 3.8) is 0 Å². The molecule has 1 fully saturated rings. The summed E-state index contributed by atoms with van der Waals surface area (Å²) >= 11 is 0. The molecule has 0 aromatic carbocycles. The highest BCUT2D eigenvalue weighted by molar-refractivity contribution is 5.67. The molecule has 3 heterocycles. The molecule has 19 heavy (non-hydrogen) atoms. The molecule has 0 amide bonds. The number of fused-ring (bicyclic) bond motifs is 1. The number of hydrogen-bond acceptors (Lipinski definition) is 4. The molecule has 5 heteroatoms. The molecule has 1 aliphatic rings. The highest BCUT2D eigenvalue weighted by Crippen LogP contribution is 2.21. The third-order valence-corrected chi connectivity index (χ3v) is 3.58. The zero-order valence-electron chi connectivity index (χ0n) is 11.5. The lowest BCUT2D eigenvalue weighted by Gasteiger charge is -2.10. The monoisotopic (exact) mass is 260 g/mol. The lowest BCUT2D eigenvalue weighted by Crippen LogP contribution is -2.15. The Bertz CT molecular complexity index is 558. The molecule has 102 valence electrons. The molecule has 3 rings (SSSR count). The third-order valence-electron chi connectivity index (χ3n) is 3.58. The second kappa shape index (κ2) is 5.17. The zero-order valence-corrected chi connectivity index (χ0v) is 11.5. The van der Waals surface area contributed by atoms with Gasteiger partial charge < -0.3 is 10.1 Å². The van der Waals surface area contributed by atoms with Crippen LogP contribution in [0.1, 0.15) is 31.9 Å². The fourth-order valence-electron chi connectivity index (χ4n) is 2.34. The second-order valence-electron chi connectivity index (χ2n) is 5.44. The van der Waals surface area contributed by atoms with Crippen molar-refractivity contribution in [2.45, 2.75) is 26.2 Å². The SMILES string of the molecule is CC(C)c1cc2c(NCC3CCOC3)nccn2n1. The molecular weight excluding hydrogens is 240 g/mol. The number of aromatic nitrogens is 3. The number of rotatable bonds is 4. The topological polar surface area (TPSA) is 51.5 Å². The third kappa shape index (κ3) is 2.56. The van der Waals surface area contributed by atoms with E-state index in [1.807, 2.05) is 10.7 Å². The average molecular weight is 260 g/mol. The van der Waals surface area contributed by atoms with E-state index in [1.54, 1.807) is 6.20 Å². The maximum absolute atomic E-state index is 5.39. The first kappa shape index (κ1) is 12.4. The number of ether oxygens (including phenoxy) is 1. The minimum Gasteiger partial charge on any atom is -0.381 e. The summed E-state index contributed by atoms with van der Waals surface area (Å²) in [6.07, 6.45) is 4.81. The molecule has 1 unspecified atom stereocenters. The van der Waals surface area contributed by atoms with Crippen LogP contribution in [0.25, 0.3) is 5.52 Å². The fourth-order valence-corrected chi connectivity index (χ4v) is 2.34. The number of nitrogens with zero attached hydrogens (tertiary/aromatic N) is 3. The van der Waals surface area contributed by atoms with Gasteiger partial charge in [-0.1, -0.05) is 13.8 Å². The largest absolute Gasteiger partial charge is 0.381 e. The Morgan fingerprint density at radius 1 is 1.53 bits per heavy atom. The molecule has 1 atom stereocenters. The molecule has 2 aromatic rings. The van der Waals surface area contributed by atoms with Crippen LogP contribution in [0.4, 0.5) is 5.82 Å². The molecule has 0 radical (unpaired) electrons. The lowest BCUT2D eigenvalue weighted by atomic mass is 10.1. The van der Waals surface area contributed by atoms with Crippen molar-refractivity contribution in [3.8, 4) is 0 Å². The van der Waals surface area contributed by atoms with Gasteiger partial charge >= 0.3 is 0 Å². The van der Waals surface area contributed by atoms with Gasteiger partial charge in [-0.2, -0.15) is 5.10 Å². The van der Waals surface area contributed by atoms with Gasteiger partial charge in [-0.25, -0.2) is 9.50 Å². The maximum Gasteiger partial charge on any atom is 0.152 e. The minimum absolute atomic E-state index is 0.427. The van der Waals surface area contributed by atoms with Crippen molar-refractivity contribution < 1.29 is 4.74 Å². The van der Waals surface area contributed by atoms with Crippen LogP contribution in [0.2, 0.25) is 0 Å². The molecular formula is C14H20N4O. The van der Waals surface area contributed by atoms with Crippen LogP contribution in [-0.4, -0.2) is 34.4 Å². The molecule has 2 aromatic heterocycles. The molecule has 1 N–H and O–H groups in total. The maximum atomic E-state index is 5.39. The van der Waals surface area contributed by atoms with Gasteiger partial charge in [0.2, 0.25) is 0 Å². The van der Waals surface area contributed by atoms with Gasteiger partial charge in [0.1, 0.15) is 5.52 Å². The first-order valence-corrected chi connectivity index (χ1v) is 6.90. The van der Waals surface area contributed by atoms with E-state index in [9.17, 15) is 0 Å². The highest BCUT2D eigenvalue weighted by atomic mass is 16.5. The fraction of sp³-hybridized carbons (Fsp3) is 0.571. The van der Waals surface area contributed by atoms with E-state index in [-0.39, 0.29) is 0 Å². The first-order valence-electron chi connectivity index (χ1n) is 6.90. The molecule has 0 saturated carbocycles. The normalized spacial score (nSPS) is 19.4. The van der Waals surface area contributed by atoms with Crippen LogP contribution in [0.3, 0.4) is 0 Å². The summed E-state index contributed by atoms with van der Waals surface area (Å²) in [5, 5.41) is 7.99. The average Bonchev–Trinajstić information content (AvgIpc) is 3.05. The summed E-state index contributed by atoms with van der Waals surface area (Å²) in [6, 6.07) is 2.12. The van der Waals surface area contributed by atoms with Crippen molar-refractivity contribution in [1.29, 1.82) is 0 Å². The predicted octanol–water partition coefficient (Wildman–Crippen LogP) is 2.30. The Morgan fingerprint density at radius 3 is 3.16 bits per heavy atom. The van der Waals surface area contributed by atoms with Crippen molar-refractivity contribution in [1.82, 2.24) is 14.6 Å². The summed E-state index contributed by atoms with van der Waals surface area (Å²) in [5.41, 5.74) is 2.14. The quantitative estimate of drug-likeness (QED) is 0.916. The van der Waals surface area contributed by atoms with Crippen LogP contribution < -0.4 is 5.32 Å². The van der Waals surface area contributed by atoms with E-state index in [0.717, 1.165) is 43.2 Å². The summed E-state index contributed by atoms with van der Waals surface area (Å²) in [7, 11) is 0. The Balaban J connectivity index is 1.81. The van der Waals surface area contributed by atoms with Crippen molar-refractivity contribution in [3.05, 3.63) is 24.2 Å². The van der Waals surface area contributed by atoms with Crippen molar-refractivity contribution in [2.24, 2.45) is 5.92 Å². The summed E-state index contributed by atoms with van der Waals surface area (Å²) in [6.45, 7) is 6.95. The van der Waals surface area contributed by atoms with E-state index in [2.05, 4.69) is 35.3 Å². The summed E-state index contributed by atoms with van der Waals surface area (Å²) in [5.74, 6) is 1.93. The number of hydrogen-bond donors (Lipinski definition) is 1. The van der Waals surface area contributed by atoms with Gasteiger partial charge in [0, 0.05) is 31.5 Å². The van der Waals surface area contributed by atoms with Crippen LogP contribution in [0.5, 0.6) is 0 Å². The van der Waals surface area contributed by atoms with Crippen LogP contribution in [0.15, 0.2) is 18.5 Å². The van der Waals surface area contributed by atoms with Gasteiger partial charge in [0.05, 0.1) is 12.3 Å². The van der Waals surface area contributed by atoms with Gasteiger partial charge in [-0.05, 0) is 18.4 Å². The molecule has 0 bridgehead atoms. The molecule has 5 nitrogen and oxygen atoms in total. The van der Waals surface area contributed by atoms with Gasteiger partial charge in [-0.3, -0.25) is 0 Å². The molecule has 0 spiro atoms. The highest BCUT2D eigenvalue weighted by Gasteiger charge is 2.16. The minimum atomic E-state index is 0.427. The smallest absolute Gasteiger partial charge is 0.152 e. The second-order valence-corrected chi connectivity index (χ2v) is 5.44. The van der Waals surface area contributed by atoms with E-state index in [1.165, 1.54) is 0 Å². The van der Waals surface area contributed by atoms with Gasteiger partial charge in [0.25, 0.3) is 0 Å². The first-order chi connectivity index (χ1) is 9.24. The van der Waals surface area contributed by atoms with Gasteiger partial charge in [-0.15, -0.1) is 0 Å². The molecule has 0 aliphatic carbocycles. The van der Waals surface area contributed by atoms with Crippen LogP contribution >= 0.6 is 0 Å². The standard InChI is InChI=1S/C14H20N4O/c1-10(2)12-7-13-14(15-4-5-18(13)17-12)16-8-11-3-6-19-9-11/h4-5,7,10-11H,3,6,8-9H2,1-2H3,(H,15,16). The van der Waals surface area contributed by atoms with E-state index in [0.29, 0.717) is 11.8 Å². The van der Waals surface area contributed by atoms with E-state index >= 15 is 0 Å². The number of nitrogens with one attached hydrogen (secondary N) is 1. The van der Waals surface area contributed by atoms with Crippen molar-refractivity contribution in [2.75, 3.05) is 25.1 Å². The van der Waals surface area contributed by atoms with E-state index < -0.39 is 0 Å². The lowest BCUT2D eigenvalue weighted by molar-refractivity contribution is 0.187. The molecule has 1 aliphatic heterocycles. The molecule has 1 saturated heterocycles. The Morgan fingerprint density at radius 2 is 2.42 bits per heavy atom. The Hall–Kier alpha value is -1.62. The van der Waals surface area contributed by atoms with E-state index in [4.69, 9.17) is 4.74 Å². The number of anilines is 1. The van der Waals surface area contributed by atoms with Crippen LogP contribution in [0, 0.1) is 5.92 Å². The Labute approximate surface area is 113 Å². The van der Waals surface area contributed by atoms with Gasteiger partial charge in [0.15, 0.2) is 5.82 Å².